The van der Waals surface area contributed by atoms with Gasteiger partial charge >= 0.3 is 5.97 Å². The van der Waals surface area contributed by atoms with Crippen LogP contribution in [-0.4, -0.2) is 35.5 Å². The quantitative estimate of drug-likeness (QED) is 0.525. The maximum absolute atomic E-state index is 11.6. The lowest BCUT2D eigenvalue weighted by molar-refractivity contribution is -0.155. The third-order valence-corrected chi connectivity index (χ3v) is 2.80. The van der Waals surface area contributed by atoms with Crippen molar-refractivity contribution in [2.24, 2.45) is 17.8 Å². The van der Waals surface area contributed by atoms with Crippen molar-refractivity contribution in [2.45, 2.75) is 20.0 Å². The molecule has 1 aliphatic carbocycles. The number of carbonyl (C=O) groups excluding carboxylic acids is 1. The molecule has 1 aliphatic rings. The Morgan fingerprint density at radius 3 is 2.67 bits per heavy atom. The number of allylic oxidation sites excluding steroid dienone is 1. The molecular formula is C11H18O4. The van der Waals surface area contributed by atoms with Gasteiger partial charge < -0.3 is 14.9 Å². The highest BCUT2D eigenvalue weighted by atomic mass is 16.5. The van der Waals surface area contributed by atoms with E-state index < -0.39 is 12.0 Å². The van der Waals surface area contributed by atoms with Crippen LogP contribution in [0.15, 0.2) is 12.2 Å². The molecule has 1 rings (SSSR count). The molecule has 0 amide bonds. The number of aliphatic hydroxyl groups excluding tert-OH is 2. The molecule has 0 aromatic heterocycles. The lowest BCUT2D eigenvalue weighted by Crippen LogP contribution is -2.42. The van der Waals surface area contributed by atoms with E-state index in [1.54, 1.807) is 13.0 Å². The van der Waals surface area contributed by atoms with E-state index in [2.05, 4.69) is 0 Å². The summed E-state index contributed by atoms with van der Waals surface area (Å²) in [6.45, 7) is 3.74. The van der Waals surface area contributed by atoms with Gasteiger partial charge in [0, 0.05) is 5.92 Å². The van der Waals surface area contributed by atoms with Crippen LogP contribution in [0.5, 0.6) is 0 Å². The molecule has 0 fully saturated rings. The first-order valence-corrected chi connectivity index (χ1v) is 5.25. The van der Waals surface area contributed by atoms with E-state index in [-0.39, 0.29) is 24.4 Å². The Balaban J connectivity index is 2.77. The van der Waals surface area contributed by atoms with Crippen LogP contribution < -0.4 is 0 Å². The van der Waals surface area contributed by atoms with Gasteiger partial charge in [-0.25, -0.2) is 0 Å². The summed E-state index contributed by atoms with van der Waals surface area (Å²) in [6.07, 6.45) is 2.74. The zero-order chi connectivity index (χ0) is 11.4. The van der Waals surface area contributed by atoms with E-state index in [0.717, 1.165) is 0 Å². The standard InChI is InChI=1S/C11H18O4/c1-3-15-11(14)9-7(2)4-5-8(6-12)10(9)13/h4-5,7-10,12-13H,3,6H2,1-2H3/t7-,8-,9-,10-/m0/s1. The second kappa shape index (κ2) is 5.28. The Morgan fingerprint density at radius 2 is 2.13 bits per heavy atom. The third-order valence-electron chi connectivity index (χ3n) is 2.80. The molecular weight excluding hydrogens is 196 g/mol. The van der Waals surface area contributed by atoms with Gasteiger partial charge in [0.15, 0.2) is 0 Å². The van der Waals surface area contributed by atoms with Crippen LogP contribution in [0.4, 0.5) is 0 Å². The van der Waals surface area contributed by atoms with Crippen molar-refractivity contribution in [3.8, 4) is 0 Å². The largest absolute Gasteiger partial charge is 0.466 e. The highest BCUT2D eigenvalue weighted by Crippen LogP contribution is 2.29. The van der Waals surface area contributed by atoms with Gasteiger partial charge in [0.2, 0.25) is 0 Å². The Morgan fingerprint density at radius 1 is 1.47 bits per heavy atom. The second-order valence-electron chi connectivity index (χ2n) is 3.86. The van der Waals surface area contributed by atoms with Crippen molar-refractivity contribution in [3.05, 3.63) is 12.2 Å². The molecule has 0 heterocycles. The molecule has 4 heteroatoms. The van der Waals surface area contributed by atoms with Gasteiger partial charge in [0.05, 0.1) is 25.2 Å². The van der Waals surface area contributed by atoms with E-state index >= 15 is 0 Å². The predicted octanol–water partition coefficient (Wildman–Crippen LogP) is 0.341. The fourth-order valence-electron chi connectivity index (χ4n) is 1.89. The van der Waals surface area contributed by atoms with Crippen LogP contribution in [0.25, 0.3) is 0 Å². The van der Waals surface area contributed by atoms with Crippen LogP contribution in [-0.2, 0) is 9.53 Å². The first kappa shape index (κ1) is 12.2. The van der Waals surface area contributed by atoms with Crippen LogP contribution in [0.1, 0.15) is 13.8 Å². The van der Waals surface area contributed by atoms with Crippen LogP contribution in [0, 0.1) is 17.8 Å². The summed E-state index contributed by atoms with van der Waals surface area (Å²) in [6, 6.07) is 0. The number of ether oxygens (including phenoxy) is 1. The van der Waals surface area contributed by atoms with Crippen molar-refractivity contribution < 1.29 is 19.7 Å². The van der Waals surface area contributed by atoms with Gasteiger partial charge in [-0.15, -0.1) is 0 Å². The Kier molecular flexibility index (Phi) is 4.29. The Hall–Kier alpha value is -0.870. The minimum Gasteiger partial charge on any atom is -0.466 e. The summed E-state index contributed by atoms with van der Waals surface area (Å²) in [4.78, 5) is 11.6. The maximum atomic E-state index is 11.6. The lowest BCUT2D eigenvalue weighted by atomic mass is 9.77. The molecule has 4 nitrogen and oxygen atoms in total. The van der Waals surface area contributed by atoms with Crippen LogP contribution >= 0.6 is 0 Å². The van der Waals surface area contributed by atoms with E-state index in [1.807, 2.05) is 13.0 Å². The fourth-order valence-corrected chi connectivity index (χ4v) is 1.89. The summed E-state index contributed by atoms with van der Waals surface area (Å²) >= 11 is 0. The number of hydrogen-bond donors (Lipinski definition) is 2. The summed E-state index contributed by atoms with van der Waals surface area (Å²) in [5.41, 5.74) is 0. The molecule has 0 saturated heterocycles. The summed E-state index contributed by atoms with van der Waals surface area (Å²) < 4.78 is 4.90. The zero-order valence-electron chi connectivity index (χ0n) is 9.09. The van der Waals surface area contributed by atoms with Gasteiger partial charge in [-0.1, -0.05) is 19.1 Å². The van der Waals surface area contributed by atoms with Gasteiger partial charge in [0.1, 0.15) is 0 Å². The van der Waals surface area contributed by atoms with Gasteiger partial charge in [-0.05, 0) is 12.8 Å². The first-order valence-electron chi connectivity index (χ1n) is 5.25. The van der Waals surface area contributed by atoms with Gasteiger partial charge in [0.25, 0.3) is 0 Å². The molecule has 0 saturated carbocycles. The molecule has 0 aromatic rings. The number of aliphatic hydroxyl groups is 2. The lowest BCUT2D eigenvalue weighted by Gasteiger charge is -2.32. The number of hydrogen-bond acceptors (Lipinski definition) is 4. The summed E-state index contributed by atoms with van der Waals surface area (Å²) in [7, 11) is 0. The molecule has 0 bridgehead atoms. The molecule has 0 aliphatic heterocycles. The molecule has 0 radical (unpaired) electrons. The minimum absolute atomic E-state index is 0.0538. The summed E-state index contributed by atoms with van der Waals surface area (Å²) in [5, 5.41) is 18.9. The smallest absolute Gasteiger partial charge is 0.312 e. The number of rotatable bonds is 3. The minimum atomic E-state index is -0.853. The average Bonchev–Trinajstić information content (AvgIpc) is 2.18. The van der Waals surface area contributed by atoms with Crippen LogP contribution in [0.2, 0.25) is 0 Å². The van der Waals surface area contributed by atoms with Crippen molar-refractivity contribution in [1.82, 2.24) is 0 Å². The van der Waals surface area contributed by atoms with Crippen molar-refractivity contribution >= 4 is 5.97 Å². The average molecular weight is 214 g/mol. The van der Waals surface area contributed by atoms with Gasteiger partial charge in [-0.2, -0.15) is 0 Å². The monoisotopic (exact) mass is 214 g/mol. The maximum Gasteiger partial charge on any atom is 0.312 e. The van der Waals surface area contributed by atoms with Crippen LogP contribution in [0.3, 0.4) is 0 Å². The molecule has 0 aromatic carbocycles. The van der Waals surface area contributed by atoms with Crippen molar-refractivity contribution in [1.29, 1.82) is 0 Å². The van der Waals surface area contributed by atoms with E-state index in [1.165, 1.54) is 0 Å². The van der Waals surface area contributed by atoms with Crippen molar-refractivity contribution in [3.63, 3.8) is 0 Å². The second-order valence-corrected chi connectivity index (χ2v) is 3.86. The topological polar surface area (TPSA) is 66.8 Å². The number of carbonyl (C=O) groups is 1. The Labute approximate surface area is 89.6 Å². The highest BCUT2D eigenvalue weighted by Gasteiger charge is 2.38. The molecule has 0 unspecified atom stereocenters. The molecule has 0 spiro atoms. The number of esters is 1. The van der Waals surface area contributed by atoms with Gasteiger partial charge in [-0.3, -0.25) is 4.79 Å². The molecule has 4 atom stereocenters. The van der Waals surface area contributed by atoms with Crippen molar-refractivity contribution in [2.75, 3.05) is 13.2 Å². The molecule has 15 heavy (non-hydrogen) atoms. The summed E-state index contributed by atoms with van der Waals surface area (Å²) in [5.74, 6) is -1.37. The normalized spacial score (nSPS) is 35.2. The predicted molar refractivity (Wildman–Crippen MR) is 55.0 cm³/mol. The highest BCUT2D eigenvalue weighted by molar-refractivity contribution is 5.74. The SMILES string of the molecule is CCOC(=O)[C@@H]1[C@@H](O)[C@H](CO)C=C[C@@H]1C. The van der Waals surface area contributed by atoms with E-state index in [0.29, 0.717) is 6.61 Å². The fraction of sp³-hybridized carbons (Fsp3) is 0.727. The zero-order valence-corrected chi connectivity index (χ0v) is 9.09. The first-order chi connectivity index (χ1) is 7.11. The Bertz CT molecular complexity index is 249. The third kappa shape index (κ3) is 2.58. The van der Waals surface area contributed by atoms with E-state index in [9.17, 15) is 9.90 Å². The van der Waals surface area contributed by atoms with E-state index in [4.69, 9.17) is 9.84 Å². The molecule has 86 valence electrons. The molecule has 2 N–H and O–H groups in total.